The molecule has 1 aromatic carbocycles. The van der Waals surface area contributed by atoms with E-state index in [1.165, 1.54) is 13.2 Å². The largest absolute Gasteiger partial charge is 0.490 e. The second-order valence-electron chi connectivity index (χ2n) is 3.93. The lowest BCUT2D eigenvalue weighted by Crippen LogP contribution is -2.14. The molecule has 5 heteroatoms. The van der Waals surface area contributed by atoms with E-state index >= 15 is 0 Å². The van der Waals surface area contributed by atoms with Gasteiger partial charge >= 0.3 is 5.69 Å². The van der Waals surface area contributed by atoms with Gasteiger partial charge in [-0.3, -0.25) is 10.1 Å². The first-order valence-corrected chi connectivity index (χ1v) is 5.44. The molecule has 1 aromatic rings. The van der Waals surface area contributed by atoms with Crippen molar-refractivity contribution in [2.75, 3.05) is 12.4 Å². The molecule has 0 heterocycles. The SMILES string of the molecule is COc1cc(NC2CC=CC2)ccc1[N+](=O)[O-]. The van der Waals surface area contributed by atoms with Crippen LogP contribution in [0.15, 0.2) is 30.4 Å². The lowest BCUT2D eigenvalue weighted by molar-refractivity contribution is -0.385. The summed E-state index contributed by atoms with van der Waals surface area (Å²) in [6.07, 6.45) is 6.22. The van der Waals surface area contributed by atoms with Crippen LogP contribution in [0.2, 0.25) is 0 Å². The van der Waals surface area contributed by atoms with Crippen molar-refractivity contribution in [1.29, 1.82) is 0 Å². The van der Waals surface area contributed by atoms with E-state index in [2.05, 4.69) is 17.5 Å². The fraction of sp³-hybridized carbons (Fsp3) is 0.333. The Morgan fingerprint density at radius 3 is 2.71 bits per heavy atom. The maximum atomic E-state index is 10.7. The molecule has 0 aromatic heterocycles. The van der Waals surface area contributed by atoms with Crippen LogP contribution in [0, 0.1) is 10.1 Å². The third-order valence-electron chi connectivity index (χ3n) is 2.76. The molecule has 90 valence electrons. The highest BCUT2D eigenvalue weighted by atomic mass is 16.6. The molecule has 0 fully saturated rings. The summed E-state index contributed by atoms with van der Waals surface area (Å²) >= 11 is 0. The van der Waals surface area contributed by atoms with Crippen molar-refractivity contribution in [3.63, 3.8) is 0 Å². The zero-order valence-corrected chi connectivity index (χ0v) is 9.55. The Labute approximate surface area is 99.2 Å². The highest BCUT2D eigenvalue weighted by Crippen LogP contribution is 2.30. The van der Waals surface area contributed by atoms with Gasteiger partial charge < -0.3 is 10.1 Å². The third kappa shape index (κ3) is 2.55. The molecule has 0 spiro atoms. The van der Waals surface area contributed by atoms with E-state index in [0.29, 0.717) is 6.04 Å². The second-order valence-corrected chi connectivity index (χ2v) is 3.93. The maximum Gasteiger partial charge on any atom is 0.311 e. The van der Waals surface area contributed by atoms with Crippen LogP contribution in [-0.4, -0.2) is 18.1 Å². The molecular weight excluding hydrogens is 220 g/mol. The number of nitrogens with one attached hydrogen (secondary N) is 1. The summed E-state index contributed by atoms with van der Waals surface area (Å²) in [6.45, 7) is 0. The van der Waals surface area contributed by atoms with Crippen molar-refractivity contribution in [3.05, 3.63) is 40.5 Å². The van der Waals surface area contributed by atoms with Gasteiger partial charge in [-0.2, -0.15) is 0 Å². The summed E-state index contributed by atoms with van der Waals surface area (Å²) in [4.78, 5) is 10.3. The number of methoxy groups -OCH3 is 1. The van der Waals surface area contributed by atoms with Gasteiger partial charge in [-0.1, -0.05) is 12.2 Å². The summed E-state index contributed by atoms with van der Waals surface area (Å²) in [5.74, 6) is 0.283. The predicted octanol–water partition coefficient (Wildman–Crippen LogP) is 2.73. The number of benzene rings is 1. The summed E-state index contributed by atoms with van der Waals surface area (Å²) in [6, 6.07) is 5.21. The zero-order valence-electron chi connectivity index (χ0n) is 9.55. The predicted molar refractivity (Wildman–Crippen MR) is 65.4 cm³/mol. The van der Waals surface area contributed by atoms with Crippen LogP contribution < -0.4 is 10.1 Å². The van der Waals surface area contributed by atoms with Crippen molar-refractivity contribution in [2.45, 2.75) is 18.9 Å². The van der Waals surface area contributed by atoms with Crippen molar-refractivity contribution in [2.24, 2.45) is 0 Å². The minimum absolute atomic E-state index is 0.0115. The van der Waals surface area contributed by atoms with E-state index in [0.717, 1.165) is 18.5 Å². The molecule has 17 heavy (non-hydrogen) atoms. The van der Waals surface area contributed by atoms with E-state index in [-0.39, 0.29) is 11.4 Å². The summed E-state index contributed by atoms with van der Waals surface area (Å²) in [5.41, 5.74) is 0.837. The minimum Gasteiger partial charge on any atom is -0.490 e. The van der Waals surface area contributed by atoms with E-state index in [4.69, 9.17) is 4.74 Å². The molecule has 0 amide bonds. The molecule has 0 radical (unpaired) electrons. The first-order chi connectivity index (χ1) is 8.20. The molecule has 0 atom stereocenters. The number of nitro benzene ring substituents is 1. The highest BCUT2D eigenvalue weighted by molar-refractivity contribution is 5.58. The molecule has 1 aliphatic rings. The zero-order chi connectivity index (χ0) is 12.3. The van der Waals surface area contributed by atoms with Gasteiger partial charge in [-0.25, -0.2) is 0 Å². The Hall–Kier alpha value is -2.04. The number of hydrogen-bond acceptors (Lipinski definition) is 4. The molecule has 0 unspecified atom stereocenters. The minimum atomic E-state index is -0.445. The highest BCUT2D eigenvalue weighted by Gasteiger charge is 2.16. The number of ether oxygens (including phenoxy) is 1. The maximum absolute atomic E-state index is 10.7. The van der Waals surface area contributed by atoms with E-state index in [1.807, 2.05) is 0 Å². The Morgan fingerprint density at radius 2 is 2.12 bits per heavy atom. The van der Waals surface area contributed by atoms with Crippen LogP contribution in [0.4, 0.5) is 11.4 Å². The van der Waals surface area contributed by atoms with Crippen molar-refractivity contribution >= 4 is 11.4 Å². The molecule has 0 aliphatic heterocycles. The van der Waals surface area contributed by atoms with Gasteiger partial charge in [0.15, 0.2) is 5.75 Å². The van der Waals surface area contributed by atoms with Gasteiger partial charge in [-0.15, -0.1) is 0 Å². The van der Waals surface area contributed by atoms with E-state index in [1.54, 1.807) is 12.1 Å². The molecule has 0 saturated carbocycles. The van der Waals surface area contributed by atoms with Gasteiger partial charge in [0.1, 0.15) is 0 Å². The fourth-order valence-corrected chi connectivity index (χ4v) is 1.89. The van der Waals surface area contributed by atoms with Gasteiger partial charge in [0.05, 0.1) is 12.0 Å². The molecule has 5 nitrogen and oxygen atoms in total. The number of nitro groups is 1. The van der Waals surface area contributed by atoms with Crippen LogP contribution in [-0.2, 0) is 0 Å². The number of rotatable bonds is 4. The molecule has 0 saturated heterocycles. The van der Waals surface area contributed by atoms with E-state index in [9.17, 15) is 10.1 Å². The summed E-state index contributed by atoms with van der Waals surface area (Å²) in [5, 5.41) is 14.0. The monoisotopic (exact) mass is 234 g/mol. The molecular formula is C12H14N2O3. The average molecular weight is 234 g/mol. The number of nitrogens with zero attached hydrogens (tertiary/aromatic N) is 1. The normalized spacial score (nSPS) is 14.9. The second kappa shape index (κ2) is 4.86. The quantitative estimate of drug-likeness (QED) is 0.494. The van der Waals surface area contributed by atoms with Gasteiger partial charge in [0.25, 0.3) is 0 Å². The van der Waals surface area contributed by atoms with Gasteiger partial charge in [0.2, 0.25) is 0 Å². The van der Waals surface area contributed by atoms with Crippen molar-refractivity contribution in [1.82, 2.24) is 0 Å². The average Bonchev–Trinajstić information content (AvgIpc) is 2.81. The molecule has 2 rings (SSSR count). The lowest BCUT2D eigenvalue weighted by atomic mass is 10.2. The van der Waals surface area contributed by atoms with Crippen molar-refractivity contribution < 1.29 is 9.66 Å². The standard InChI is InChI=1S/C12H14N2O3/c1-17-12-8-10(6-7-11(12)14(15)16)13-9-4-2-3-5-9/h2-3,6-9,13H,4-5H2,1H3. The number of anilines is 1. The fourth-order valence-electron chi connectivity index (χ4n) is 1.89. The molecule has 1 N–H and O–H groups in total. The first-order valence-electron chi connectivity index (χ1n) is 5.44. The third-order valence-corrected chi connectivity index (χ3v) is 2.76. The number of hydrogen-bond donors (Lipinski definition) is 1. The van der Waals surface area contributed by atoms with Crippen LogP contribution in [0.25, 0.3) is 0 Å². The molecule has 0 bridgehead atoms. The van der Waals surface area contributed by atoms with Gasteiger partial charge in [-0.05, 0) is 18.9 Å². The Kier molecular flexibility index (Phi) is 3.27. The van der Waals surface area contributed by atoms with Crippen LogP contribution in [0.3, 0.4) is 0 Å². The first kappa shape index (κ1) is 11.4. The summed E-state index contributed by atoms with van der Waals surface area (Å²) in [7, 11) is 1.43. The van der Waals surface area contributed by atoms with Gasteiger partial charge in [0, 0.05) is 23.9 Å². The lowest BCUT2D eigenvalue weighted by Gasteiger charge is -2.14. The molecule has 1 aliphatic carbocycles. The smallest absolute Gasteiger partial charge is 0.311 e. The summed E-state index contributed by atoms with van der Waals surface area (Å²) < 4.78 is 5.01. The van der Waals surface area contributed by atoms with Crippen LogP contribution in [0.5, 0.6) is 5.75 Å². The Bertz CT molecular complexity index is 449. The Balaban J connectivity index is 2.16. The Morgan fingerprint density at radius 1 is 1.41 bits per heavy atom. The van der Waals surface area contributed by atoms with Crippen LogP contribution in [0.1, 0.15) is 12.8 Å². The van der Waals surface area contributed by atoms with Crippen molar-refractivity contribution in [3.8, 4) is 5.75 Å². The van der Waals surface area contributed by atoms with Crippen LogP contribution >= 0.6 is 0 Å². The van der Waals surface area contributed by atoms with E-state index < -0.39 is 4.92 Å². The topological polar surface area (TPSA) is 64.4 Å².